The van der Waals surface area contributed by atoms with Gasteiger partial charge in [0.05, 0.1) is 12.7 Å². The van der Waals surface area contributed by atoms with Gasteiger partial charge in [-0.2, -0.15) is 0 Å². The molecular formula is C9H15IO4. The lowest BCUT2D eigenvalue weighted by Crippen LogP contribution is -2.39. The van der Waals surface area contributed by atoms with Crippen molar-refractivity contribution in [2.24, 2.45) is 0 Å². The third kappa shape index (κ3) is 1.92. The average Bonchev–Trinajstić information content (AvgIpc) is 2.58. The Bertz CT molecular complexity index is 221. The Morgan fingerprint density at radius 3 is 2.86 bits per heavy atom. The van der Waals surface area contributed by atoms with Crippen LogP contribution >= 0.6 is 22.6 Å². The van der Waals surface area contributed by atoms with Gasteiger partial charge in [0, 0.05) is 4.43 Å². The number of halogens is 1. The van der Waals surface area contributed by atoms with Gasteiger partial charge in [-0.15, -0.1) is 0 Å². The van der Waals surface area contributed by atoms with Crippen LogP contribution in [-0.2, 0) is 14.2 Å². The Morgan fingerprint density at radius 2 is 2.21 bits per heavy atom. The summed E-state index contributed by atoms with van der Waals surface area (Å²) < 4.78 is 17.4. The molecule has 2 fully saturated rings. The molecule has 1 N–H and O–H groups in total. The van der Waals surface area contributed by atoms with Gasteiger partial charge in [-0.3, -0.25) is 0 Å². The van der Waals surface area contributed by atoms with Gasteiger partial charge in [0.2, 0.25) is 0 Å². The zero-order valence-electron chi connectivity index (χ0n) is 8.27. The number of fused-ring (bicyclic) bond motifs is 1. The topological polar surface area (TPSA) is 47.9 Å². The first-order valence-electron chi connectivity index (χ1n) is 4.75. The minimum atomic E-state index is -0.539. The maximum Gasteiger partial charge on any atom is 0.164 e. The Morgan fingerprint density at radius 1 is 1.50 bits per heavy atom. The van der Waals surface area contributed by atoms with Gasteiger partial charge in [0.25, 0.3) is 0 Å². The molecule has 82 valence electrons. The van der Waals surface area contributed by atoms with Crippen LogP contribution in [0.4, 0.5) is 0 Å². The molecule has 2 aliphatic rings. The van der Waals surface area contributed by atoms with Crippen LogP contribution in [0.2, 0.25) is 0 Å². The third-order valence-corrected chi connectivity index (χ3v) is 3.44. The van der Waals surface area contributed by atoms with Crippen molar-refractivity contribution in [1.82, 2.24) is 0 Å². The highest BCUT2D eigenvalue weighted by Gasteiger charge is 2.51. The molecule has 2 rings (SSSR count). The van der Waals surface area contributed by atoms with E-state index in [-0.39, 0.29) is 18.3 Å². The molecule has 4 nitrogen and oxygen atoms in total. The molecule has 0 saturated carbocycles. The number of aliphatic hydroxyl groups excluding tert-OH is 1. The summed E-state index contributed by atoms with van der Waals surface area (Å²) in [5, 5.41) is 9.71. The van der Waals surface area contributed by atoms with Crippen molar-refractivity contribution >= 4 is 22.6 Å². The molecule has 0 aromatic heterocycles. The molecule has 0 aromatic rings. The predicted molar refractivity (Wildman–Crippen MR) is 58.5 cm³/mol. The van der Waals surface area contributed by atoms with Crippen LogP contribution in [-0.4, -0.2) is 46.3 Å². The van der Waals surface area contributed by atoms with E-state index in [9.17, 15) is 5.11 Å². The zero-order chi connectivity index (χ0) is 10.3. The molecule has 0 bridgehead atoms. The highest BCUT2D eigenvalue weighted by Crippen LogP contribution is 2.36. The van der Waals surface area contributed by atoms with Crippen molar-refractivity contribution in [2.75, 3.05) is 11.0 Å². The van der Waals surface area contributed by atoms with Crippen molar-refractivity contribution in [2.45, 2.75) is 44.1 Å². The molecule has 2 heterocycles. The molecule has 0 aromatic carbocycles. The standard InChI is InChI=1S/C9H15IO4/c1-9(2)13-6-4-12-7(5(11)3-10)8(6)14-9/h5-8,11H,3-4H2,1-2H3/t5-,6-,7-,8-/m1/s1. The van der Waals surface area contributed by atoms with Gasteiger partial charge < -0.3 is 19.3 Å². The molecule has 0 radical (unpaired) electrons. The van der Waals surface area contributed by atoms with E-state index in [1.54, 1.807) is 0 Å². The van der Waals surface area contributed by atoms with Gasteiger partial charge in [0.1, 0.15) is 18.3 Å². The lowest BCUT2D eigenvalue weighted by molar-refractivity contribution is -0.182. The van der Waals surface area contributed by atoms with E-state index in [1.165, 1.54) is 0 Å². The van der Waals surface area contributed by atoms with Crippen LogP contribution in [0, 0.1) is 0 Å². The van der Waals surface area contributed by atoms with E-state index in [1.807, 2.05) is 13.8 Å². The van der Waals surface area contributed by atoms with E-state index in [2.05, 4.69) is 22.6 Å². The number of alkyl halides is 1. The van der Waals surface area contributed by atoms with E-state index < -0.39 is 11.9 Å². The minimum Gasteiger partial charge on any atom is -0.390 e. The maximum atomic E-state index is 9.71. The molecule has 0 spiro atoms. The fourth-order valence-electron chi connectivity index (χ4n) is 1.99. The first kappa shape index (κ1) is 11.1. The molecule has 0 aliphatic carbocycles. The molecule has 0 amide bonds. The van der Waals surface area contributed by atoms with Crippen LogP contribution in [0.1, 0.15) is 13.8 Å². The number of aliphatic hydroxyl groups is 1. The quantitative estimate of drug-likeness (QED) is 0.602. The summed E-state index contributed by atoms with van der Waals surface area (Å²) in [6, 6.07) is 0. The summed E-state index contributed by atoms with van der Waals surface area (Å²) in [5.74, 6) is -0.539. The summed E-state index contributed by atoms with van der Waals surface area (Å²) in [7, 11) is 0. The van der Waals surface area contributed by atoms with E-state index in [4.69, 9.17) is 14.2 Å². The number of hydrogen-bond donors (Lipinski definition) is 1. The fraction of sp³-hybridized carbons (Fsp3) is 1.00. The van der Waals surface area contributed by atoms with Gasteiger partial charge in [0.15, 0.2) is 5.79 Å². The monoisotopic (exact) mass is 314 g/mol. The minimum absolute atomic E-state index is 0.0207. The number of rotatable bonds is 2. The SMILES string of the molecule is CC1(C)O[C@H]2[C@@H]([C@H](O)CI)OC[C@H]2O1. The van der Waals surface area contributed by atoms with Crippen molar-refractivity contribution in [3.8, 4) is 0 Å². The highest BCUT2D eigenvalue weighted by molar-refractivity contribution is 14.1. The van der Waals surface area contributed by atoms with Crippen molar-refractivity contribution in [3.05, 3.63) is 0 Å². The molecule has 2 saturated heterocycles. The second kappa shape index (κ2) is 3.86. The zero-order valence-corrected chi connectivity index (χ0v) is 10.4. The Kier molecular flexibility index (Phi) is 3.05. The van der Waals surface area contributed by atoms with Crippen LogP contribution < -0.4 is 0 Å². The third-order valence-electron chi connectivity index (χ3n) is 2.54. The first-order valence-corrected chi connectivity index (χ1v) is 6.27. The second-order valence-electron chi connectivity index (χ2n) is 4.16. The van der Waals surface area contributed by atoms with E-state index >= 15 is 0 Å². The lowest BCUT2D eigenvalue weighted by atomic mass is 10.1. The van der Waals surface area contributed by atoms with Gasteiger partial charge >= 0.3 is 0 Å². The fourth-order valence-corrected chi connectivity index (χ4v) is 2.49. The molecule has 5 heteroatoms. The predicted octanol–water partition coefficient (Wildman–Crippen LogP) is 0.701. The van der Waals surface area contributed by atoms with Crippen molar-refractivity contribution < 1.29 is 19.3 Å². The van der Waals surface area contributed by atoms with Crippen molar-refractivity contribution in [3.63, 3.8) is 0 Å². The van der Waals surface area contributed by atoms with Crippen LogP contribution in [0.5, 0.6) is 0 Å². The molecule has 0 unspecified atom stereocenters. The Balaban J connectivity index is 2.04. The smallest absolute Gasteiger partial charge is 0.164 e. The number of hydrogen-bond acceptors (Lipinski definition) is 4. The molecule has 4 atom stereocenters. The summed E-state index contributed by atoms with van der Waals surface area (Å²) in [5.41, 5.74) is 0. The lowest BCUT2D eigenvalue weighted by Gasteiger charge is -2.23. The Hall–Kier alpha value is 0.570. The molecular weight excluding hydrogens is 299 g/mol. The van der Waals surface area contributed by atoms with Crippen molar-refractivity contribution in [1.29, 1.82) is 0 Å². The van der Waals surface area contributed by atoms with Gasteiger partial charge in [-0.1, -0.05) is 22.6 Å². The molecule has 14 heavy (non-hydrogen) atoms. The Labute approximate surface area is 97.0 Å². The summed E-state index contributed by atoms with van der Waals surface area (Å²) in [4.78, 5) is 0. The van der Waals surface area contributed by atoms with Crippen LogP contribution in [0.3, 0.4) is 0 Å². The average molecular weight is 314 g/mol. The normalized spacial score (nSPS) is 42.4. The number of ether oxygens (including phenoxy) is 3. The van der Waals surface area contributed by atoms with E-state index in [0.29, 0.717) is 11.0 Å². The summed E-state index contributed by atoms with van der Waals surface area (Å²) in [6.07, 6.45) is -0.843. The maximum absolute atomic E-state index is 9.71. The highest BCUT2D eigenvalue weighted by atomic mass is 127. The van der Waals surface area contributed by atoms with Crippen LogP contribution in [0.15, 0.2) is 0 Å². The first-order chi connectivity index (χ1) is 6.53. The summed E-state index contributed by atoms with van der Waals surface area (Å²) >= 11 is 2.14. The summed E-state index contributed by atoms with van der Waals surface area (Å²) in [6.45, 7) is 4.30. The van der Waals surface area contributed by atoms with Crippen LogP contribution in [0.25, 0.3) is 0 Å². The van der Waals surface area contributed by atoms with Gasteiger partial charge in [-0.05, 0) is 13.8 Å². The van der Waals surface area contributed by atoms with Gasteiger partial charge in [-0.25, -0.2) is 0 Å². The second-order valence-corrected chi connectivity index (χ2v) is 5.04. The molecule has 2 aliphatic heterocycles. The largest absolute Gasteiger partial charge is 0.390 e. The van der Waals surface area contributed by atoms with E-state index in [0.717, 1.165) is 0 Å².